The van der Waals surface area contributed by atoms with E-state index in [4.69, 9.17) is 23.2 Å². The molecule has 24 heavy (non-hydrogen) atoms. The van der Waals surface area contributed by atoms with Gasteiger partial charge in [0.15, 0.2) is 0 Å². The fourth-order valence-corrected chi connectivity index (χ4v) is 2.86. The fraction of sp³-hybridized carbons (Fsp3) is 0.118. The summed E-state index contributed by atoms with van der Waals surface area (Å²) in [6, 6.07) is 11.9. The van der Waals surface area contributed by atoms with Crippen molar-refractivity contribution in [1.82, 2.24) is 9.55 Å². The summed E-state index contributed by atoms with van der Waals surface area (Å²) in [7, 11) is 0. The molecule has 0 bridgehead atoms. The molecule has 3 aromatic rings. The Kier molecular flexibility index (Phi) is 4.83. The van der Waals surface area contributed by atoms with Gasteiger partial charge in [-0.15, -0.1) is 0 Å². The maximum Gasteiger partial charge on any atom is 0.261 e. The minimum absolute atomic E-state index is 0.129. The van der Waals surface area contributed by atoms with Crippen LogP contribution in [0.3, 0.4) is 0 Å². The third-order valence-corrected chi connectivity index (χ3v) is 3.89. The molecule has 5 nitrogen and oxygen atoms in total. The SMILES string of the molecule is O=C(CCn1cnc2ccccc2c1=O)Nc1cc(Cl)cc(Cl)c1. The number of halogens is 2. The van der Waals surface area contributed by atoms with E-state index in [-0.39, 0.29) is 24.4 Å². The van der Waals surface area contributed by atoms with Gasteiger partial charge in [0.05, 0.1) is 17.2 Å². The van der Waals surface area contributed by atoms with Gasteiger partial charge in [-0.2, -0.15) is 0 Å². The van der Waals surface area contributed by atoms with Gasteiger partial charge in [-0.1, -0.05) is 35.3 Å². The smallest absolute Gasteiger partial charge is 0.261 e. The zero-order chi connectivity index (χ0) is 17.1. The van der Waals surface area contributed by atoms with Crippen LogP contribution in [0.4, 0.5) is 5.69 Å². The molecule has 0 unspecified atom stereocenters. The van der Waals surface area contributed by atoms with Crippen molar-refractivity contribution in [1.29, 1.82) is 0 Å². The number of nitrogens with one attached hydrogen (secondary N) is 1. The van der Waals surface area contributed by atoms with E-state index < -0.39 is 0 Å². The molecule has 1 aromatic heterocycles. The van der Waals surface area contributed by atoms with Gasteiger partial charge in [0.25, 0.3) is 5.56 Å². The molecule has 2 aromatic carbocycles. The minimum Gasteiger partial charge on any atom is -0.326 e. The maximum atomic E-state index is 12.3. The molecule has 1 N–H and O–H groups in total. The van der Waals surface area contributed by atoms with Gasteiger partial charge in [-0.05, 0) is 30.3 Å². The Morgan fingerprint density at radius 3 is 2.58 bits per heavy atom. The van der Waals surface area contributed by atoms with Crippen molar-refractivity contribution in [3.63, 3.8) is 0 Å². The number of hydrogen-bond donors (Lipinski definition) is 1. The van der Waals surface area contributed by atoms with E-state index in [1.807, 2.05) is 6.07 Å². The van der Waals surface area contributed by atoms with Crippen LogP contribution in [0.15, 0.2) is 53.6 Å². The predicted octanol–water partition coefficient (Wildman–Crippen LogP) is 3.73. The van der Waals surface area contributed by atoms with Gasteiger partial charge < -0.3 is 5.32 Å². The van der Waals surface area contributed by atoms with Crippen LogP contribution in [0.5, 0.6) is 0 Å². The van der Waals surface area contributed by atoms with Crippen molar-refractivity contribution in [2.45, 2.75) is 13.0 Å². The van der Waals surface area contributed by atoms with Gasteiger partial charge in [-0.25, -0.2) is 4.98 Å². The molecule has 0 aliphatic carbocycles. The van der Waals surface area contributed by atoms with Gasteiger partial charge in [0, 0.05) is 28.7 Å². The summed E-state index contributed by atoms with van der Waals surface area (Å²) >= 11 is 11.8. The Labute approximate surface area is 147 Å². The lowest BCUT2D eigenvalue weighted by molar-refractivity contribution is -0.116. The molecular formula is C17H13Cl2N3O2. The van der Waals surface area contributed by atoms with Crippen LogP contribution in [0.1, 0.15) is 6.42 Å². The van der Waals surface area contributed by atoms with Gasteiger partial charge >= 0.3 is 0 Å². The first kappa shape index (κ1) is 16.5. The Morgan fingerprint density at radius 2 is 1.83 bits per heavy atom. The number of benzene rings is 2. The molecule has 0 aliphatic rings. The zero-order valence-electron chi connectivity index (χ0n) is 12.5. The first-order chi connectivity index (χ1) is 11.5. The number of rotatable bonds is 4. The van der Waals surface area contributed by atoms with Crippen molar-refractivity contribution in [2.24, 2.45) is 0 Å². The molecule has 0 atom stereocenters. The zero-order valence-corrected chi connectivity index (χ0v) is 14.0. The first-order valence-electron chi connectivity index (χ1n) is 7.23. The van der Waals surface area contributed by atoms with Crippen molar-refractivity contribution < 1.29 is 4.79 Å². The number of nitrogens with zero attached hydrogens (tertiary/aromatic N) is 2. The van der Waals surface area contributed by atoms with E-state index in [2.05, 4.69) is 10.3 Å². The van der Waals surface area contributed by atoms with Gasteiger partial charge in [0.2, 0.25) is 5.91 Å². The number of carbonyl (C=O) groups is 1. The standard InChI is InChI=1S/C17H13Cl2N3O2/c18-11-7-12(19)9-13(8-11)21-16(23)5-6-22-10-20-15-4-2-1-3-14(15)17(22)24/h1-4,7-10H,5-6H2,(H,21,23). The molecular weight excluding hydrogens is 349 g/mol. The quantitative estimate of drug-likeness (QED) is 0.769. The van der Waals surface area contributed by atoms with Crippen LogP contribution in [-0.2, 0) is 11.3 Å². The van der Waals surface area contributed by atoms with E-state index in [1.165, 1.54) is 10.9 Å². The Bertz CT molecular complexity index is 949. The molecule has 1 amide bonds. The van der Waals surface area contributed by atoms with E-state index in [1.54, 1.807) is 36.4 Å². The maximum absolute atomic E-state index is 12.3. The highest BCUT2D eigenvalue weighted by molar-refractivity contribution is 6.35. The van der Waals surface area contributed by atoms with Gasteiger partial charge in [-0.3, -0.25) is 14.2 Å². The highest BCUT2D eigenvalue weighted by Crippen LogP contribution is 2.22. The highest BCUT2D eigenvalue weighted by atomic mass is 35.5. The van der Waals surface area contributed by atoms with E-state index in [9.17, 15) is 9.59 Å². The fourth-order valence-electron chi connectivity index (χ4n) is 2.34. The summed E-state index contributed by atoms with van der Waals surface area (Å²) in [5.41, 5.74) is 0.984. The minimum atomic E-state index is -0.242. The average molecular weight is 362 g/mol. The van der Waals surface area contributed by atoms with Crippen LogP contribution >= 0.6 is 23.2 Å². The van der Waals surface area contributed by atoms with Crippen LogP contribution < -0.4 is 10.9 Å². The van der Waals surface area contributed by atoms with Crippen molar-refractivity contribution in [3.8, 4) is 0 Å². The monoisotopic (exact) mass is 361 g/mol. The van der Waals surface area contributed by atoms with Crippen molar-refractivity contribution in [3.05, 3.63) is 69.2 Å². The van der Waals surface area contributed by atoms with Crippen molar-refractivity contribution >= 4 is 45.7 Å². The number of para-hydroxylation sites is 1. The summed E-state index contributed by atoms with van der Waals surface area (Å²) in [6.07, 6.45) is 1.58. The third kappa shape index (κ3) is 3.75. The Morgan fingerprint density at radius 1 is 1.12 bits per heavy atom. The van der Waals surface area contributed by atoms with Crippen LogP contribution in [0, 0.1) is 0 Å². The molecule has 0 aliphatic heterocycles. The molecule has 0 spiro atoms. The predicted molar refractivity (Wildman–Crippen MR) is 95.7 cm³/mol. The number of carbonyl (C=O) groups excluding carboxylic acids is 1. The number of aromatic nitrogens is 2. The van der Waals surface area contributed by atoms with Crippen LogP contribution in [-0.4, -0.2) is 15.5 Å². The molecule has 0 saturated heterocycles. The summed E-state index contributed by atoms with van der Waals surface area (Å²) in [4.78, 5) is 28.6. The molecule has 0 saturated carbocycles. The van der Waals surface area contributed by atoms with E-state index in [0.717, 1.165) is 0 Å². The second-order valence-electron chi connectivity index (χ2n) is 5.22. The number of hydrogen-bond acceptors (Lipinski definition) is 3. The molecule has 0 radical (unpaired) electrons. The normalized spacial score (nSPS) is 10.8. The molecule has 0 fully saturated rings. The second kappa shape index (κ2) is 7.03. The summed E-state index contributed by atoms with van der Waals surface area (Å²) in [5.74, 6) is -0.242. The lowest BCUT2D eigenvalue weighted by Crippen LogP contribution is -2.23. The molecule has 122 valence electrons. The van der Waals surface area contributed by atoms with Crippen LogP contribution in [0.25, 0.3) is 10.9 Å². The summed E-state index contributed by atoms with van der Waals surface area (Å²) < 4.78 is 1.42. The Balaban J connectivity index is 1.70. The largest absolute Gasteiger partial charge is 0.326 e. The number of amides is 1. The second-order valence-corrected chi connectivity index (χ2v) is 6.09. The van der Waals surface area contributed by atoms with Crippen LogP contribution in [0.2, 0.25) is 10.0 Å². The van der Waals surface area contributed by atoms with Crippen molar-refractivity contribution in [2.75, 3.05) is 5.32 Å². The number of aryl methyl sites for hydroxylation is 1. The lowest BCUT2D eigenvalue weighted by atomic mass is 10.2. The molecule has 7 heteroatoms. The summed E-state index contributed by atoms with van der Waals surface area (Å²) in [5, 5.41) is 4.11. The highest BCUT2D eigenvalue weighted by Gasteiger charge is 2.07. The molecule has 1 heterocycles. The summed E-state index contributed by atoms with van der Waals surface area (Å²) in [6.45, 7) is 0.233. The average Bonchev–Trinajstić information content (AvgIpc) is 2.53. The topological polar surface area (TPSA) is 64.0 Å². The van der Waals surface area contributed by atoms with E-state index in [0.29, 0.717) is 26.6 Å². The Hall–Kier alpha value is -2.37. The number of anilines is 1. The van der Waals surface area contributed by atoms with Gasteiger partial charge in [0.1, 0.15) is 0 Å². The molecule has 3 rings (SSSR count). The lowest BCUT2D eigenvalue weighted by Gasteiger charge is -2.08. The van der Waals surface area contributed by atoms with E-state index >= 15 is 0 Å². The number of fused-ring (bicyclic) bond motifs is 1. The first-order valence-corrected chi connectivity index (χ1v) is 7.98. The third-order valence-electron chi connectivity index (χ3n) is 3.46.